The SMILES string of the molecule is CN(C)CCCOc1cnc(-c2cccc(Cn3c(=O)oc4ccc(CC(=O)O)cc43)c2)nc1. The Bertz CT molecular complexity index is 1340. The Morgan fingerprint density at radius 2 is 1.91 bits per heavy atom. The number of nitrogens with zero attached hydrogens (tertiary/aromatic N) is 4. The van der Waals surface area contributed by atoms with E-state index in [9.17, 15) is 9.59 Å². The number of benzene rings is 2. The van der Waals surface area contributed by atoms with E-state index in [0.29, 0.717) is 34.8 Å². The Kier molecular flexibility index (Phi) is 7.03. The molecule has 1 N–H and O–H groups in total. The number of hydrogen-bond acceptors (Lipinski definition) is 7. The van der Waals surface area contributed by atoms with Crippen LogP contribution in [0.3, 0.4) is 0 Å². The molecule has 9 nitrogen and oxygen atoms in total. The van der Waals surface area contributed by atoms with E-state index < -0.39 is 11.7 Å². The van der Waals surface area contributed by atoms with Crippen molar-refractivity contribution in [3.8, 4) is 17.1 Å². The van der Waals surface area contributed by atoms with Gasteiger partial charge in [-0.05, 0) is 49.8 Å². The van der Waals surface area contributed by atoms with Gasteiger partial charge in [-0.15, -0.1) is 0 Å². The van der Waals surface area contributed by atoms with E-state index in [2.05, 4.69) is 14.9 Å². The molecule has 0 saturated carbocycles. The standard InChI is InChI=1S/C25H26N4O5/c1-28(2)9-4-10-33-20-14-26-24(27-15-20)19-6-3-5-18(11-19)16-29-21-12-17(13-23(30)31)7-8-22(21)34-25(29)32/h3,5-8,11-12,14-15H,4,9-10,13,16H2,1-2H3,(H,30,31). The molecular formula is C25H26N4O5. The number of ether oxygens (including phenoxy) is 1. The molecule has 0 atom stereocenters. The van der Waals surface area contributed by atoms with Gasteiger partial charge in [-0.25, -0.2) is 14.8 Å². The zero-order valence-electron chi connectivity index (χ0n) is 19.1. The summed E-state index contributed by atoms with van der Waals surface area (Å²) in [6, 6.07) is 12.5. The Labute approximate surface area is 196 Å². The van der Waals surface area contributed by atoms with Crippen LogP contribution in [-0.4, -0.2) is 57.8 Å². The van der Waals surface area contributed by atoms with Crippen LogP contribution in [-0.2, 0) is 17.8 Å². The highest BCUT2D eigenvalue weighted by molar-refractivity contribution is 5.77. The molecule has 0 fully saturated rings. The van der Waals surface area contributed by atoms with Crippen molar-refractivity contribution in [2.75, 3.05) is 27.2 Å². The molecule has 4 rings (SSSR count). The molecule has 176 valence electrons. The summed E-state index contributed by atoms with van der Waals surface area (Å²) >= 11 is 0. The maximum atomic E-state index is 12.5. The summed E-state index contributed by atoms with van der Waals surface area (Å²) in [6.07, 6.45) is 4.10. The molecule has 2 aromatic carbocycles. The van der Waals surface area contributed by atoms with Crippen LogP contribution in [0.2, 0.25) is 0 Å². The molecule has 0 amide bonds. The van der Waals surface area contributed by atoms with Crippen LogP contribution < -0.4 is 10.5 Å². The number of carbonyl (C=O) groups is 1. The van der Waals surface area contributed by atoms with E-state index in [1.54, 1.807) is 30.6 Å². The van der Waals surface area contributed by atoms with E-state index >= 15 is 0 Å². The summed E-state index contributed by atoms with van der Waals surface area (Å²) in [5, 5.41) is 9.06. The minimum Gasteiger partial charge on any atom is -0.490 e. The number of aromatic nitrogens is 3. The zero-order valence-corrected chi connectivity index (χ0v) is 19.1. The van der Waals surface area contributed by atoms with Gasteiger partial charge in [0.1, 0.15) is 0 Å². The van der Waals surface area contributed by atoms with Crippen molar-refractivity contribution < 1.29 is 19.1 Å². The molecule has 0 spiro atoms. The third-order valence-electron chi connectivity index (χ3n) is 5.26. The molecule has 2 heterocycles. The summed E-state index contributed by atoms with van der Waals surface area (Å²) in [5.41, 5.74) is 3.24. The molecule has 0 aliphatic rings. The zero-order chi connectivity index (χ0) is 24.1. The Hall–Kier alpha value is -3.98. The van der Waals surface area contributed by atoms with Crippen LogP contribution in [0.25, 0.3) is 22.5 Å². The van der Waals surface area contributed by atoms with Crippen LogP contribution in [0.15, 0.2) is 64.1 Å². The van der Waals surface area contributed by atoms with Gasteiger partial charge >= 0.3 is 11.7 Å². The summed E-state index contributed by atoms with van der Waals surface area (Å²) in [6.45, 7) is 1.81. The third-order valence-corrected chi connectivity index (χ3v) is 5.26. The lowest BCUT2D eigenvalue weighted by Gasteiger charge is -2.10. The highest BCUT2D eigenvalue weighted by atomic mass is 16.5. The molecule has 2 aromatic heterocycles. The summed E-state index contributed by atoms with van der Waals surface area (Å²) < 4.78 is 12.5. The average molecular weight is 463 g/mol. The predicted octanol–water partition coefficient (Wildman–Crippen LogP) is 3.06. The first-order chi connectivity index (χ1) is 16.4. The van der Waals surface area contributed by atoms with Crippen LogP contribution >= 0.6 is 0 Å². The van der Waals surface area contributed by atoms with Crippen molar-refractivity contribution in [3.05, 3.63) is 76.5 Å². The second kappa shape index (κ2) is 10.3. The normalized spacial score (nSPS) is 11.3. The first-order valence-electron chi connectivity index (χ1n) is 10.9. The van der Waals surface area contributed by atoms with Crippen LogP contribution in [0.5, 0.6) is 5.75 Å². The molecule has 0 radical (unpaired) electrons. The number of fused-ring (bicyclic) bond motifs is 1. The average Bonchev–Trinajstić information content (AvgIpc) is 3.11. The quantitative estimate of drug-likeness (QED) is 0.358. The van der Waals surface area contributed by atoms with Crippen molar-refractivity contribution >= 4 is 17.1 Å². The lowest BCUT2D eigenvalue weighted by molar-refractivity contribution is -0.136. The minimum absolute atomic E-state index is 0.127. The number of carboxylic acid groups (broad SMARTS) is 1. The molecule has 4 aromatic rings. The number of rotatable bonds is 10. The summed E-state index contributed by atoms with van der Waals surface area (Å²) in [4.78, 5) is 34.4. The smallest absolute Gasteiger partial charge is 0.420 e. The third kappa shape index (κ3) is 5.68. The molecule has 0 unspecified atom stereocenters. The fourth-order valence-corrected chi connectivity index (χ4v) is 3.64. The van der Waals surface area contributed by atoms with E-state index in [-0.39, 0.29) is 13.0 Å². The van der Waals surface area contributed by atoms with Crippen LogP contribution in [0.4, 0.5) is 0 Å². The molecule has 34 heavy (non-hydrogen) atoms. The molecule has 9 heteroatoms. The predicted molar refractivity (Wildman–Crippen MR) is 127 cm³/mol. The van der Waals surface area contributed by atoms with Gasteiger partial charge in [-0.1, -0.05) is 24.3 Å². The van der Waals surface area contributed by atoms with Gasteiger partial charge in [0.05, 0.1) is 37.5 Å². The van der Waals surface area contributed by atoms with Gasteiger partial charge in [-0.2, -0.15) is 0 Å². The van der Waals surface area contributed by atoms with E-state index in [4.69, 9.17) is 14.3 Å². The van der Waals surface area contributed by atoms with Crippen molar-refractivity contribution in [2.45, 2.75) is 19.4 Å². The van der Waals surface area contributed by atoms with E-state index in [1.807, 2.05) is 38.4 Å². The van der Waals surface area contributed by atoms with Crippen molar-refractivity contribution in [1.29, 1.82) is 0 Å². The summed E-state index contributed by atoms with van der Waals surface area (Å²) in [7, 11) is 4.04. The van der Waals surface area contributed by atoms with Gasteiger partial charge in [0, 0.05) is 12.1 Å². The molecule has 0 aliphatic carbocycles. The van der Waals surface area contributed by atoms with Gasteiger partial charge in [0.2, 0.25) is 0 Å². The molecule has 0 aliphatic heterocycles. The fraction of sp³-hybridized carbons (Fsp3) is 0.280. The molecule has 0 saturated heterocycles. The lowest BCUT2D eigenvalue weighted by Crippen LogP contribution is -2.15. The minimum atomic E-state index is -0.936. The first-order valence-corrected chi connectivity index (χ1v) is 10.9. The lowest BCUT2D eigenvalue weighted by atomic mass is 10.1. The highest BCUT2D eigenvalue weighted by Crippen LogP contribution is 2.21. The fourth-order valence-electron chi connectivity index (χ4n) is 3.64. The van der Waals surface area contributed by atoms with Gasteiger partial charge in [-0.3, -0.25) is 9.36 Å². The Morgan fingerprint density at radius 3 is 2.65 bits per heavy atom. The van der Waals surface area contributed by atoms with Gasteiger partial charge in [0.15, 0.2) is 17.2 Å². The second-order valence-electron chi connectivity index (χ2n) is 8.27. The Morgan fingerprint density at radius 1 is 1.12 bits per heavy atom. The van der Waals surface area contributed by atoms with Crippen LogP contribution in [0, 0.1) is 0 Å². The highest BCUT2D eigenvalue weighted by Gasteiger charge is 2.13. The maximum Gasteiger partial charge on any atom is 0.420 e. The van der Waals surface area contributed by atoms with Gasteiger partial charge in [0.25, 0.3) is 0 Å². The first kappa shape index (κ1) is 23.2. The number of hydrogen-bond donors (Lipinski definition) is 1. The topological polar surface area (TPSA) is 111 Å². The monoisotopic (exact) mass is 462 g/mol. The van der Waals surface area contributed by atoms with Crippen molar-refractivity contribution in [1.82, 2.24) is 19.4 Å². The number of oxazole rings is 1. The van der Waals surface area contributed by atoms with Crippen LogP contribution in [0.1, 0.15) is 17.5 Å². The molecular weight excluding hydrogens is 436 g/mol. The Balaban J connectivity index is 1.51. The largest absolute Gasteiger partial charge is 0.490 e. The van der Waals surface area contributed by atoms with E-state index in [1.165, 1.54) is 4.57 Å². The van der Waals surface area contributed by atoms with Crippen molar-refractivity contribution in [2.24, 2.45) is 0 Å². The van der Waals surface area contributed by atoms with Gasteiger partial charge < -0.3 is 19.2 Å². The van der Waals surface area contributed by atoms with Crippen molar-refractivity contribution in [3.63, 3.8) is 0 Å². The molecule has 0 bridgehead atoms. The van der Waals surface area contributed by atoms with E-state index in [0.717, 1.165) is 24.1 Å². The maximum absolute atomic E-state index is 12.5. The number of carboxylic acids is 1. The number of aliphatic carboxylic acids is 1. The summed E-state index contributed by atoms with van der Waals surface area (Å²) in [5.74, 6) is -0.266. The second-order valence-corrected chi connectivity index (χ2v) is 8.27.